The molecule has 0 bridgehead atoms. The fraction of sp³-hybridized carbons (Fsp3) is 0.316. The number of hydrogen-bond acceptors (Lipinski definition) is 1. The van der Waals surface area contributed by atoms with Crippen molar-refractivity contribution in [2.45, 2.75) is 40.5 Å². The Morgan fingerprint density at radius 3 is 2.00 bits per heavy atom. The van der Waals surface area contributed by atoms with Gasteiger partial charge in [-0.1, -0.05) is 55.3 Å². The maximum absolute atomic E-state index is 12.7. The zero-order valence-corrected chi connectivity index (χ0v) is 12.8. The minimum atomic E-state index is 0.128. The van der Waals surface area contributed by atoms with E-state index in [9.17, 15) is 4.79 Å². The van der Waals surface area contributed by atoms with Gasteiger partial charge in [0.15, 0.2) is 5.78 Å². The Morgan fingerprint density at radius 1 is 0.950 bits per heavy atom. The molecule has 0 radical (unpaired) electrons. The number of benzene rings is 2. The van der Waals surface area contributed by atoms with Crippen LogP contribution in [0.3, 0.4) is 0 Å². The van der Waals surface area contributed by atoms with Crippen LogP contribution in [0.4, 0.5) is 0 Å². The van der Waals surface area contributed by atoms with E-state index in [0.717, 1.165) is 35.1 Å². The molecular weight excluding hydrogens is 244 g/mol. The number of hydrogen-bond donors (Lipinski definition) is 0. The first-order valence-corrected chi connectivity index (χ1v) is 7.24. The van der Waals surface area contributed by atoms with E-state index in [0.29, 0.717) is 0 Å². The van der Waals surface area contributed by atoms with Gasteiger partial charge in [-0.2, -0.15) is 0 Å². The second-order valence-corrected chi connectivity index (χ2v) is 5.55. The van der Waals surface area contributed by atoms with Crippen LogP contribution in [0.2, 0.25) is 0 Å². The van der Waals surface area contributed by atoms with E-state index in [4.69, 9.17) is 0 Å². The van der Waals surface area contributed by atoms with Crippen LogP contribution in [-0.4, -0.2) is 5.78 Å². The molecule has 1 nitrogen and oxygen atoms in total. The second-order valence-electron chi connectivity index (χ2n) is 5.55. The van der Waals surface area contributed by atoms with Gasteiger partial charge >= 0.3 is 0 Å². The van der Waals surface area contributed by atoms with Crippen molar-refractivity contribution in [2.75, 3.05) is 0 Å². The van der Waals surface area contributed by atoms with Crippen molar-refractivity contribution in [3.8, 4) is 0 Å². The maximum atomic E-state index is 12.7. The third-order valence-corrected chi connectivity index (χ3v) is 3.66. The maximum Gasteiger partial charge on any atom is 0.193 e. The van der Waals surface area contributed by atoms with Crippen LogP contribution in [-0.2, 0) is 6.42 Å². The summed E-state index contributed by atoms with van der Waals surface area (Å²) in [5.41, 5.74) is 6.24. The summed E-state index contributed by atoms with van der Waals surface area (Å²) in [6.45, 7) is 8.25. The van der Waals surface area contributed by atoms with Crippen molar-refractivity contribution in [1.29, 1.82) is 0 Å². The van der Waals surface area contributed by atoms with E-state index in [1.807, 2.05) is 26.0 Å². The molecule has 0 aliphatic rings. The highest BCUT2D eigenvalue weighted by Gasteiger charge is 2.14. The highest BCUT2D eigenvalue weighted by molar-refractivity contribution is 6.10. The van der Waals surface area contributed by atoms with Crippen LogP contribution in [0, 0.1) is 20.8 Å². The number of ketones is 1. The van der Waals surface area contributed by atoms with Crippen LogP contribution in [0.25, 0.3) is 0 Å². The molecule has 0 aromatic heterocycles. The summed E-state index contributed by atoms with van der Waals surface area (Å²) in [6, 6.07) is 12.2. The van der Waals surface area contributed by atoms with Crippen molar-refractivity contribution in [3.05, 3.63) is 69.8 Å². The molecule has 1 heteroatoms. The number of carbonyl (C=O) groups is 1. The third kappa shape index (κ3) is 2.98. The van der Waals surface area contributed by atoms with E-state index < -0.39 is 0 Å². The van der Waals surface area contributed by atoms with Gasteiger partial charge in [0.05, 0.1) is 0 Å². The summed E-state index contributed by atoms with van der Waals surface area (Å²) in [5, 5.41) is 0. The molecule has 2 rings (SSSR count). The quantitative estimate of drug-likeness (QED) is 0.727. The lowest BCUT2D eigenvalue weighted by atomic mass is 9.92. The molecule has 0 saturated heterocycles. The Balaban J connectivity index is 2.36. The van der Waals surface area contributed by atoms with Gasteiger partial charge in [0.1, 0.15) is 0 Å². The fourth-order valence-electron chi connectivity index (χ4n) is 2.79. The standard InChI is InChI=1S/C19H22O/c1-5-6-16-7-9-17(10-8-16)19(20)18-14(3)11-13(2)12-15(18)4/h7-12H,5-6H2,1-4H3. The van der Waals surface area contributed by atoms with Gasteiger partial charge in [0.25, 0.3) is 0 Å². The van der Waals surface area contributed by atoms with Crippen LogP contribution in [0.5, 0.6) is 0 Å². The lowest BCUT2D eigenvalue weighted by Crippen LogP contribution is -2.07. The third-order valence-electron chi connectivity index (χ3n) is 3.66. The van der Waals surface area contributed by atoms with E-state index >= 15 is 0 Å². The molecule has 0 spiro atoms. The summed E-state index contributed by atoms with van der Waals surface area (Å²) >= 11 is 0. The predicted molar refractivity (Wildman–Crippen MR) is 84.5 cm³/mol. The summed E-state index contributed by atoms with van der Waals surface area (Å²) in [6.07, 6.45) is 2.19. The molecule has 0 unspecified atom stereocenters. The number of aryl methyl sites for hydroxylation is 4. The summed E-state index contributed by atoms with van der Waals surface area (Å²) in [7, 11) is 0. The zero-order chi connectivity index (χ0) is 14.7. The average Bonchev–Trinajstić information content (AvgIpc) is 2.38. The molecule has 2 aromatic carbocycles. The number of rotatable bonds is 4. The van der Waals surface area contributed by atoms with Crippen molar-refractivity contribution in [2.24, 2.45) is 0 Å². The molecule has 0 amide bonds. The molecule has 20 heavy (non-hydrogen) atoms. The Hall–Kier alpha value is -1.89. The molecule has 0 heterocycles. The predicted octanol–water partition coefficient (Wildman–Crippen LogP) is 4.80. The molecule has 0 fully saturated rings. The minimum absolute atomic E-state index is 0.128. The lowest BCUT2D eigenvalue weighted by molar-refractivity contribution is 0.103. The monoisotopic (exact) mass is 266 g/mol. The Bertz CT molecular complexity index is 598. The first-order chi connectivity index (χ1) is 9.52. The second kappa shape index (κ2) is 6.04. The fourth-order valence-corrected chi connectivity index (χ4v) is 2.79. The van der Waals surface area contributed by atoms with Crippen LogP contribution >= 0.6 is 0 Å². The van der Waals surface area contributed by atoms with Crippen LogP contribution in [0.15, 0.2) is 36.4 Å². The average molecular weight is 266 g/mol. The van der Waals surface area contributed by atoms with Crippen molar-refractivity contribution in [3.63, 3.8) is 0 Å². The van der Waals surface area contributed by atoms with Gasteiger partial charge in [0, 0.05) is 11.1 Å². The zero-order valence-electron chi connectivity index (χ0n) is 12.8. The first kappa shape index (κ1) is 14.5. The molecular formula is C19H22O. The van der Waals surface area contributed by atoms with Crippen molar-refractivity contribution in [1.82, 2.24) is 0 Å². The molecule has 0 N–H and O–H groups in total. The van der Waals surface area contributed by atoms with E-state index in [-0.39, 0.29) is 5.78 Å². The van der Waals surface area contributed by atoms with E-state index in [1.54, 1.807) is 0 Å². The molecule has 0 saturated carbocycles. The molecule has 2 aromatic rings. The first-order valence-electron chi connectivity index (χ1n) is 7.24. The molecule has 0 aliphatic heterocycles. The van der Waals surface area contributed by atoms with Gasteiger partial charge in [-0.05, 0) is 43.9 Å². The highest BCUT2D eigenvalue weighted by atomic mass is 16.1. The minimum Gasteiger partial charge on any atom is -0.289 e. The van der Waals surface area contributed by atoms with Gasteiger partial charge in [-0.3, -0.25) is 4.79 Å². The van der Waals surface area contributed by atoms with Gasteiger partial charge in [0.2, 0.25) is 0 Å². The summed E-state index contributed by atoms with van der Waals surface area (Å²) in [4.78, 5) is 12.7. The summed E-state index contributed by atoms with van der Waals surface area (Å²) < 4.78 is 0. The van der Waals surface area contributed by atoms with E-state index in [2.05, 4.69) is 38.1 Å². The Kier molecular flexibility index (Phi) is 4.39. The highest BCUT2D eigenvalue weighted by Crippen LogP contribution is 2.20. The normalized spacial score (nSPS) is 10.6. The number of carbonyl (C=O) groups excluding carboxylic acids is 1. The van der Waals surface area contributed by atoms with Crippen LogP contribution < -0.4 is 0 Å². The van der Waals surface area contributed by atoms with Gasteiger partial charge in [-0.25, -0.2) is 0 Å². The van der Waals surface area contributed by atoms with Gasteiger partial charge in [-0.15, -0.1) is 0 Å². The van der Waals surface area contributed by atoms with Crippen molar-refractivity contribution >= 4 is 5.78 Å². The smallest absolute Gasteiger partial charge is 0.193 e. The molecule has 0 atom stereocenters. The van der Waals surface area contributed by atoms with Crippen LogP contribution in [0.1, 0.15) is 51.5 Å². The van der Waals surface area contributed by atoms with E-state index in [1.165, 1.54) is 11.1 Å². The largest absolute Gasteiger partial charge is 0.289 e. The Labute approximate surface area is 121 Å². The Morgan fingerprint density at radius 2 is 1.50 bits per heavy atom. The topological polar surface area (TPSA) is 17.1 Å². The summed E-state index contributed by atoms with van der Waals surface area (Å²) in [5.74, 6) is 0.128. The molecule has 104 valence electrons. The lowest BCUT2D eigenvalue weighted by Gasteiger charge is -2.11. The SMILES string of the molecule is CCCc1ccc(C(=O)c2c(C)cc(C)cc2C)cc1. The van der Waals surface area contributed by atoms with Crippen molar-refractivity contribution < 1.29 is 4.79 Å². The molecule has 0 aliphatic carbocycles. The van der Waals surface area contributed by atoms with Gasteiger partial charge < -0.3 is 0 Å².